The number of Topliss-reactive ketones (excluding diaryl/α,β-unsaturated/α-hetero) is 1. The van der Waals surface area contributed by atoms with E-state index >= 15 is 0 Å². The molecule has 7 nitrogen and oxygen atoms in total. The van der Waals surface area contributed by atoms with Crippen LogP contribution in [0.3, 0.4) is 0 Å². The van der Waals surface area contributed by atoms with Crippen LogP contribution in [0.2, 0.25) is 0 Å². The van der Waals surface area contributed by atoms with Crippen molar-refractivity contribution in [2.24, 2.45) is 5.92 Å². The molecule has 3 aromatic carbocycles. The fourth-order valence-electron chi connectivity index (χ4n) is 3.97. The van der Waals surface area contributed by atoms with Crippen molar-refractivity contribution in [2.45, 2.75) is 13.8 Å². The molecule has 4 rings (SSSR count). The summed E-state index contributed by atoms with van der Waals surface area (Å²) in [5.74, 6) is -0.0525. The van der Waals surface area contributed by atoms with Crippen LogP contribution in [-0.2, 0) is 4.79 Å². The number of benzene rings is 3. The zero-order valence-corrected chi connectivity index (χ0v) is 20.4. The van der Waals surface area contributed by atoms with E-state index in [4.69, 9.17) is 4.74 Å². The highest BCUT2D eigenvalue weighted by Gasteiger charge is 2.27. The van der Waals surface area contributed by atoms with Gasteiger partial charge in [-0.15, -0.1) is 0 Å². The summed E-state index contributed by atoms with van der Waals surface area (Å²) in [6.07, 6.45) is 0. The quantitative estimate of drug-likeness (QED) is 0.335. The van der Waals surface area contributed by atoms with Gasteiger partial charge < -0.3 is 9.64 Å². The molecule has 1 heterocycles. The molecule has 1 amide bonds. The van der Waals surface area contributed by atoms with Crippen LogP contribution in [0.1, 0.15) is 24.2 Å². The number of ketones is 1. The van der Waals surface area contributed by atoms with Crippen molar-refractivity contribution in [1.82, 2.24) is 14.7 Å². The van der Waals surface area contributed by atoms with E-state index in [1.807, 2.05) is 80.6 Å². The van der Waals surface area contributed by atoms with Crippen LogP contribution < -0.4 is 10.3 Å². The second-order valence-electron chi connectivity index (χ2n) is 8.90. The van der Waals surface area contributed by atoms with E-state index in [9.17, 15) is 14.4 Å². The number of para-hydroxylation sites is 2. The Morgan fingerprint density at radius 2 is 1.47 bits per heavy atom. The molecular weight excluding hydrogens is 454 g/mol. The summed E-state index contributed by atoms with van der Waals surface area (Å²) in [6, 6.07) is 27.3. The molecule has 0 fully saturated rings. The lowest BCUT2D eigenvalue weighted by Gasteiger charge is -2.24. The first kappa shape index (κ1) is 24.7. The highest BCUT2D eigenvalue weighted by Crippen LogP contribution is 2.21. The van der Waals surface area contributed by atoms with Gasteiger partial charge in [0, 0.05) is 12.1 Å². The number of nitrogens with one attached hydrogen (secondary N) is 1. The molecule has 0 bridgehead atoms. The minimum absolute atomic E-state index is 0.0237. The zero-order valence-electron chi connectivity index (χ0n) is 20.4. The maximum Gasteiger partial charge on any atom is 0.282 e. The van der Waals surface area contributed by atoms with Gasteiger partial charge in [0.05, 0.1) is 17.9 Å². The van der Waals surface area contributed by atoms with Gasteiger partial charge in [-0.3, -0.25) is 19.5 Å². The number of carbonyl (C=O) groups is 2. The Kier molecular flexibility index (Phi) is 7.80. The molecular formula is C29H29N3O4. The van der Waals surface area contributed by atoms with E-state index < -0.39 is 11.3 Å². The summed E-state index contributed by atoms with van der Waals surface area (Å²) in [7, 11) is 0. The number of rotatable bonds is 10. The molecule has 0 saturated carbocycles. The molecule has 7 heteroatoms. The maximum absolute atomic E-state index is 13.6. The van der Waals surface area contributed by atoms with E-state index in [0.717, 1.165) is 0 Å². The molecule has 0 radical (unpaired) electrons. The van der Waals surface area contributed by atoms with Crippen molar-refractivity contribution in [2.75, 3.05) is 19.7 Å². The van der Waals surface area contributed by atoms with Gasteiger partial charge in [-0.05, 0) is 30.2 Å². The minimum atomic E-state index is -0.456. The smallest absolute Gasteiger partial charge is 0.282 e. The summed E-state index contributed by atoms with van der Waals surface area (Å²) in [6.45, 7) is 3.88. The van der Waals surface area contributed by atoms with Gasteiger partial charge in [-0.2, -0.15) is 0 Å². The van der Waals surface area contributed by atoms with Gasteiger partial charge >= 0.3 is 0 Å². The van der Waals surface area contributed by atoms with Gasteiger partial charge in [0.15, 0.2) is 12.4 Å². The fourth-order valence-corrected chi connectivity index (χ4v) is 3.97. The molecule has 0 aliphatic carbocycles. The van der Waals surface area contributed by atoms with E-state index in [1.54, 1.807) is 24.3 Å². The summed E-state index contributed by atoms with van der Waals surface area (Å²) < 4.78 is 6.99. The van der Waals surface area contributed by atoms with Crippen molar-refractivity contribution < 1.29 is 14.3 Å². The highest BCUT2D eigenvalue weighted by atomic mass is 16.5. The van der Waals surface area contributed by atoms with Gasteiger partial charge in [-0.25, -0.2) is 4.68 Å². The summed E-state index contributed by atoms with van der Waals surface area (Å²) in [5, 5.41) is 3.11. The predicted molar refractivity (Wildman–Crippen MR) is 140 cm³/mol. The van der Waals surface area contributed by atoms with Crippen LogP contribution in [0.5, 0.6) is 5.75 Å². The molecule has 0 saturated heterocycles. The molecule has 4 aromatic rings. The molecule has 36 heavy (non-hydrogen) atoms. The number of hydrogen-bond acceptors (Lipinski definition) is 4. The Morgan fingerprint density at radius 1 is 0.889 bits per heavy atom. The number of nitrogens with zero attached hydrogens (tertiary/aromatic N) is 2. The second-order valence-corrected chi connectivity index (χ2v) is 8.90. The Morgan fingerprint density at radius 3 is 2.08 bits per heavy atom. The first-order chi connectivity index (χ1) is 17.4. The third kappa shape index (κ3) is 5.81. The molecule has 0 aliphatic heterocycles. The number of aromatic amines is 1. The Hall–Kier alpha value is -4.39. The van der Waals surface area contributed by atoms with E-state index in [2.05, 4.69) is 5.10 Å². The topological polar surface area (TPSA) is 84.4 Å². The molecule has 1 N–H and O–H groups in total. The maximum atomic E-state index is 13.6. The Bertz CT molecular complexity index is 1360. The number of ether oxygens (including phenoxy) is 1. The predicted octanol–water partition coefficient (Wildman–Crippen LogP) is 4.58. The summed E-state index contributed by atoms with van der Waals surface area (Å²) in [4.78, 5) is 41.6. The average Bonchev–Trinajstić information content (AvgIpc) is 3.25. The van der Waals surface area contributed by atoms with Crippen LogP contribution >= 0.6 is 0 Å². The molecule has 0 atom stereocenters. The van der Waals surface area contributed by atoms with Gasteiger partial charge in [-0.1, -0.05) is 80.6 Å². The van der Waals surface area contributed by atoms with Crippen molar-refractivity contribution in [1.29, 1.82) is 0 Å². The number of aromatic nitrogens is 2. The van der Waals surface area contributed by atoms with E-state index in [1.165, 1.54) is 9.58 Å². The van der Waals surface area contributed by atoms with Crippen molar-refractivity contribution >= 4 is 11.7 Å². The molecule has 184 valence electrons. The van der Waals surface area contributed by atoms with Gasteiger partial charge in [0.1, 0.15) is 11.3 Å². The summed E-state index contributed by atoms with van der Waals surface area (Å²) in [5.41, 5.74) is 1.32. The first-order valence-corrected chi connectivity index (χ1v) is 11.9. The van der Waals surface area contributed by atoms with Crippen LogP contribution in [-0.4, -0.2) is 46.1 Å². The van der Waals surface area contributed by atoms with Crippen LogP contribution in [0.4, 0.5) is 0 Å². The number of H-pyrrole nitrogens is 1. The largest absolute Gasteiger partial charge is 0.484 e. The van der Waals surface area contributed by atoms with Crippen molar-refractivity contribution in [3.05, 3.63) is 107 Å². The van der Waals surface area contributed by atoms with E-state index in [0.29, 0.717) is 29.2 Å². The van der Waals surface area contributed by atoms with E-state index in [-0.39, 0.29) is 30.5 Å². The fraction of sp³-hybridized carbons (Fsp3) is 0.207. The highest BCUT2D eigenvalue weighted by molar-refractivity contribution is 6.04. The normalized spacial score (nSPS) is 10.9. The minimum Gasteiger partial charge on any atom is -0.484 e. The van der Waals surface area contributed by atoms with Crippen LogP contribution in [0.25, 0.3) is 16.9 Å². The molecule has 0 unspecified atom stereocenters. The standard InChI is InChI=1S/C29H29N3O4/c1-21(2)18-31(26(34)20-36-24-16-10-5-11-17-24)19-25(33)27-28(22-12-6-3-7-13-22)30-32(29(27)35)23-14-8-4-9-15-23/h3-17,21,30H,18-20H2,1-2H3. The summed E-state index contributed by atoms with van der Waals surface area (Å²) >= 11 is 0. The average molecular weight is 484 g/mol. The lowest BCUT2D eigenvalue weighted by atomic mass is 10.0. The number of carbonyl (C=O) groups excluding carboxylic acids is 2. The second kappa shape index (κ2) is 11.4. The third-order valence-electron chi connectivity index (χ3n) is 5.62. The Labute approximate surface area is 209 Å². The first-order valence-electron chi connectivity index (χ1n) is 11.9. The molecule has 0 aliphatic rings. The van der Waals surface area contributed by atoms with Crippen molar-refractivity contribution in [3.8, 4) is 22.7 Å². The zero-order chi connectivity index (χ0) is 25.5. The van der Waals surface area contributed by atoms with Crippen LogP contribution in [0.15, 0.2) is 95.8 Å². The third-order valence-corrected chi connectivity index (χ3v) is 5.62. The monoisotopic (exact) mass is 483 g/mol. The Balaban J connectivity index is 1.65. The molecule has 1 aromatic heterocycles. The van der Waals surface area contributed by atoms with Crippen molar-refractivity contribution in [3.63, 3.8) is 0 Å². The van der Waals surface area contributed by atoms with Crippen LogP contribution in [0, 0.1) is 5.92 Å². The number of hydrogen-bond donors (Lipinski definition) is 1. The SMILES string of the molecule is CC(C)CN(CC(=O)c1c(-c2ccccc2)[nH]n(-c2ccccc2)c1=O)C(=O)COc1ccccc1. The van der Waals surface area contributed by atoms with Gasteiger partial charge in [0.2, 0.25) is 0 Å². The van der Waals surface area contributed by atoms with Gasteiger partial charge in [0.25, 0.3) is 11.5 Å². The molecule has 0 spiro atoms. The lowest BCUT2D eigenvalue weighted by molar-refractivity contribution is -0.133. The number of amides is 1. The lowest BCUT2D eigenvalue weighted by Crippen LogP contribution is -2.41.